The van der Waals surface area contributed by atoms with Crippen molar-refractivity contribution in [2.24, 2.45) is 0 Å². The third kappa shape index (κ3) is 4.11. The van der Waals surface area contributed by atoms with Gasteiger partial charge in [0.1, 0.15) is 0 Å². The SMILES string of the molecule is O=C(NCCc1ccc(CO)cc1)Nc1ccc2c(c1)CCC2. The normalized spacial score (nSPS) is 12.7. The summed E-state index contributed by atoms with van der Waals surface area (Å²) in [6, 6.07) is 13.7. The van der Waals surface area contributed by atoms with Crippen molar-refractivity contribution < 1.29 is 9.90 Å². The molecule has 23 heavy (non-hydrogen) atoms. The highest BCUT2D eigenvalue weighted by molar-refractivity contribution is 5.89. The number of aliphatic hydroxyl groups is 1. The molecule has 0 atom stereocenters. The van der Waals surface area contributed by atoms with Gasteiger partial charge in [-0.15, -0.1) is 0 Å². The third-order valence-electron chi connectivity index (χ3n) is 4.26. The summed E-state index contributed by atoms with van der Waals surface area (Å²) in [5.41, 5.74) is 5.65. The van der Waals surface area contributed by atoms with Gasteiger partial charge in [0.2, 0.25) is 0 Å². The van der Waals surface area contributed by atoms with Gasteiger partial charge in [0.15, 0.2) is 0 Å². The zero-order chi connectivity index (χ0) is 16.1. The first-order valence-electron chi connectivity index (χ1n) is 8.10. The predicted octanol–water partition coefficient (Wildman–Crippen LogP) is 3.03. The molecule has 2 aromatic rings. The van der Waals surface area contributed by atoms with Gasteiger partial charge >= 0.3 is 6.03 Å². The molecule has 4 heteroatoms. The number of fused-ring (bicyclic) bond motifs is 1. The molecule has 0 spiro atoms. The van der Waals surface area contributed by atoms with E-state index in [1.807, 2.05) is 30.3 Å². The van der Waals surface area contributed by atoms with E-state index in [1.165, 1.54) is 17.5 Å². The number of carbonyl (C=O) groups excluding carboxylic acids is 1. The molecule has 0 unspecified atom stereocenters. The Bertz CT molecular complexity index is 680. The molecule has 1 aliphatic rings. The first-order valence-corrected chi connectivity index (χ1v) is 8.10. The third-order valence-corrected chi connectivity index (χ3v) is 4.26. The van der Waals surface area contributed by atoms with Crippen molar-refractivity contribution in [2.45, 2.75) is 32.3 Å². The number of urea groups is 1. The van der Waals surface area contributed by atoms with Gasteiger partial charge in [0.25, 0.3) is 0 Å². The molecule has 1 aliphatic carbocycles. The van der Waals surface area contributed by atoms with Gasteiger partial charge in [0.05, 0.1) is 6.61 Å². The molecule has 120 valence electrons. The first-order chi connectivity index (χ1) is 11.2. The largest absolute Gasteiger partial charge is 0.392 e. The quantitative estimate of drug-likeness (QED) is 0.795. The molecule has 3 N–H and O–H groups in total. The molecule has 0 radical (unpaired) electrons. The Kier molecular flexibility index (Phi) is 4.93. The predicted molar refractivity (Wildman–Crippen MR) is 91.6 cm³/mol. The lowest BCUT2D eigenvalue weighted by Crippen LogP contribution is -2.30. The minimum absolute atomic E-state index is 0.0573. The number of anilines is 1. The van der Waals surface area contributed by atoms with E-state index in [4.69, 9.17) is 5.11 Å². The van der Waals surface area contributed by atoms with E-state index in [2.05, 4.69) is 22.8 Å². The van der Waals surface area contributed by atoms with E-state index in [0.29, 0.717) is 6.54 Å². The Morgan fingerprint density at radius 1 is 1.00 bits per heavy atom. The molecular formula is C19H22N2O2. The monoisotopic (exact) mass is 310 g/mol. The van der Waals surface area contributed by atoms with Crippen LogP contribution in [-0.2, 0) is 25.9 Å². The van der Waals surface area contributed by atoms with Crippen LogP contribution >= 0.6 is 0 Å². The number of amides is 2. The minimum atomic E-state index is -0.171. The lowest BCUT2D eigenvalue weighted by Gasteiger charge is -2.09. The fourth-order valence-electron chi connectivity index (χ4n) is 2.96. The summed E-state index contributed by atoms with van der Waals surface area (Å²) in [5, 5.41) is 14.8. The van der Waals surface area contributed by atoms with E-state index >= 15 is 0 Å². The first kappa shape index (κ1) is 15.6. The van der Waals surface area contributed by atoms with Crippen molar-refractivity contribution in [1.29, 1.82) is 0 Å². The molecule has 0 fully saturated rings. The number of carbonyl (C=O) groups is 1. The molecule has 0 bridgehead atoms. The summed E-state index contributed by atoms with van der Waals surface area (Å²) < 4.78 is 0. The van der Waals surface area contributed by atoms with Crippen molar-refractivity contribution in [3.63, 3.8) is 0 Å². The van der Waals surface area contributed by atoms with Crippen LogP contribution in [0.4, 0.5) is 10.5 Å². The van der Waals surface area contributed by atoms with Crippen LogP contribution in [0.25, 0.3) is 0 Å². The van der Waals surface area contributed by atoms with Crippen LogP contribution in [0.2, 0.25) is 0 Å². The molecule has 0 aromatic heterocycles. The molecule has 0 aliphatic heterocycles. The van der Waals surface area contributed by atoms with Crippen LogP contribution in [-0.4, -0.2) is 17.7 Å². The molecule has 3 rings (SSSR count). The second-order valence-corrected chi connectivity index (χ2v) is 5.94. The number of benzene rings is 2. The van der Waals surface area contributed by atoms with Crippen molar-refractivity contribution >= 4 is 11.7 Å². The van der Waals surface area contributed by atoms with Gasteiger partial charge in [-0.3, -0.25) is 0 Å². The maximum absolute atomic E-state index is 11.9. The highest BCUT2D eigenvalue weighted by Gasteiger charge is 2.11. The Morgan fingerprint density at radius 3 is 2.52 bits per heavy atom. The summed E-state index contributed by atoms with van der Waals surface area (Å²) in [4.78, 5) is 11.9. The highest BCUT2D eigenvalue weighted by Crippen LogP contribution is 2.24. The summed E-state index contributed by atoms with van der Waals surface area (Å²) in [6.45, 7) is 0.636. The van der Waals surface area contributed by atoms with Crippen molar-refractivity contribution in [3.05, 3.63) is 64.7 Å². The van der Waals surface area contributed by atoms with Gasteiger partial charge < -0.3 is 15.7 Å². The summed E-state index contributed by atoms with van der Waals surface area (Å²) in [7, 11) is 0. The number of hydrogen-bond acceptors (Lipinski definition) is 2. The van der Waals surface area contributed by atoms with E-state index in [9.17, 15) is 4.79 Å². The van der Waals surface area contributed by atoms with Crippen LogP contribution in [0.3, 0.4) is 0 Å². The second-order valence-electron chi connectivity index (χ2n) is 5.94. The number of hydrogen-bond donors (Lipinski definition) is 3. The molecular weight excluding hydrogens is 288 g/mol. The fourth-order valence-corrected chi connectivity index (χ4v) is 2.96. The van der Waals surface area contributed by atoms with Crippen molar-refractivity contribution in [3.8, 4) is 0 Å². The lowest BCUT2D eigenvalue weighted by atomic mass is 10.1. The minimum Gasteiger partial charge on any atom is -0.392 e. The van der Waals surface area contributed by atoms with E-state index in [1.54, 1.807) is 0 Å². The second kappa shape index (κ2) is 7.29. The maximum atomic E-state index is 11.9. The zero-order valence-corrected chi connectivity index (χ0v) is 13.1. The van der Waals surface area contributed by atoms with E-state index < -0.39 is 0 Å². The van der Waals surface area contributed by atoms with Crippen LogP contribution in [0, 0.1) is 0 Å². The smallest absolute Gasteiger partial charge is 0.319 e. The standard InChI is InChI=1S/C19H22N2O2/c22-13-15-6-4-14(5-7-15)10-11-20-19(23)21-18-9-8-16-2-1-3-17(16)12-18/h4-9,12,22H,1-3,10-11,13H2,(H2,20,21,23). The average molecular weight is 310 g/mol. The van der Waals surface area contributed by atoms with Gasteiger partial charge in [-0.05, 0) is 60.1 Å². The molecule has 0 saturated carbocycles. The molecule has 2 aromatic carbocycles. The van der Waals surface area contributed by atoms with Crippen LogP contribution in [0.15, 0.2) is 42.5 Å². The lowest BCUT2D eigenvalue weighted by molar-refractivity contribution is 0.252. The summed E-state index contributed by atoms with van der Waals surface area (Å²) in [5.74, 6) is 0. The number of rotatable bonds is 5. The van der Waals surface area contributed by atoms with Crippen LogP contribution in [0.5, 0.6) is 0 Å². The number of nitrogens with one attached hydrogen (secondary N) is 2. The van der Waals surface area contributed by atoms with Gasteiger partial charge in [-0.2, -0.15) is 0 Å². The Morgan fingerprint density at radius 2 is 1.74 bits per heavy atom. The number of aryl methyl sites for hydroxylation is 2. The van der Waals surface area contributed by atoms with Gasteiger partial charge in [0, 0.05) is 12.2 Å². The average Bonchev–Trinajstić information content (AvgIpc) is 3.03. The van der Waals surface area contributed by atoms with Crippen LogP contribution in [0.1, 0.15) is 28.7 Å². The zero-order valence-electron chi connectivity index (χ0n) is 13.1. The van der Waals surface area contributed by atoms with Gasteiger partial charge in [-0.1, -0.05) is 30.3 Å². The number of aliphatic hydroxyl groups excluding tert-OH is 1. The summed E-state index contributed by atoms with van der Waals surface area (Å²) >= 11 is 0. The fraction of sp³-hybridized carbons (Fsp3) is 0.316. The Labute approximate surface area is 136 Å². The Balaban J connectivity index is 1.46. The van der Waals surface area contributed by atoms with E-state index in [0.717, 1.165) is 36.1 Å². The molecule has 0 saturated heterocycles. The molecule has 4 nitrogen and oxygen atoms in total. The molecule has 0 heterocycles. The topological polar surface area (TPSA) is 61.4 Å². The van der Waals surface area contributed by atoms with Gasteiger partial charge in [-0.25, -0.2) is 4.79 Å². The highest BCUT2D eigenvalue weighted by atomic mass is 16.3. The molecule has 2 amide bonds. The Hall–Kier alpha value is -2.33. The van der Waals surface area contributed by atoms with Crippen LogP contribution < -0.4 is 10.6 Å². The summed E-state index contributed by atoms with van der Waals surface area (Å²) in [6.07, 6.45) is 4.23. The maximum Gasteiger partial charge on any atom is 0.319 e. The van der Waals surface area contributed by atoms with E-state index in [-0.39, 0.29) is 12.6 Å². The van der Waals surface area contributed by atoms with Crippen molar-refractivity contribution in [2.75, 3.05) is 11.9 Å². The van der Waals surface area contributed by atoms with Crippen molar-refractivity contribution in [1.82, 2.24) is 5.32 Å².